The number of hydrogen-bond acceptors (Lipinski definition) is 6. The number of anilines is 2. The normalized spacial score (nSPS) is 10.9. The molecule has 0 aliphatic rings. The van der Waals surface area contributed by atoms with Crippen LogP contribution in [0.25, 0.3) is 22.2 Å². The van der Waals surface area contributed by atoms with Crippen molar-refractivity contribution in [3.05, 3.63) is 50.5 Å². The van der Waals surface area contributed by atoms with Gasteiger partial charge in [-0.2, -0.15) is 0 Å². The average molecular weight is 350 g/mol. The summed E-state index contributed by atoms with van der Waals surface area (Å²) in [6.45, 7) is 0. The van der Waals surface area contributed by atoms with Crippen molar-refractivity contribution in [2.75, 3.05) is 11.5 Å². The van der Waals surface area contributed by atoms with Gasteiger partial charge < -0.3 is 11.5 Å². The predicted molar refractivity (Wildman–Crippen MR) is 90.5 cm³/mol. The Morgan fingerprint density at radius 1 is 1.00 bits per heavy atom. The number of nitrogens with zero attached hydrogens (tertiary/aromatic N) is 3. The number of aromatic nitrogens is 2. The maximum absolute atomic E-state index is 11.4. The maximum Gasteiger partial charge on any atom is 0.279 e. The molecule has 0 bridgehead atoms. The molecule has 0 saturated carbocycles. The van der Waals surface area contributed by atoms with Crippen LogP contribution in [0.4, 0.5) is 17.3 Å². The molecule has 0 radical (unpaired) electrons. The lowest BCUT2D eigenvalue weighted by Gasteiger charge is -2.09. The Labute approximate surface area is 140 Å². The van der Waals surface area contributed by atoms with Gasteiger partial charge in [-0.25, -0.2) is 9.97 Å². The van der Waals surface area contributed by atoms with Crippen molar-refractivity contribution in [1.29, 1.82) is 0 Å². The van der Waals surface area contributed by atoms with E-state index in [1.807, 2.05) is 0 Å². The molecule has 23 heavy (non-hydrogen) atoms. The first-order valence-electron chi connectivity index (χ1n) is 6.34. The fourth-order valence-corrected chi connectivity index (χ4v) is 2.52. The van der Waals surface area contributed by atoms with E-state index in [1.54, 1.807) is 12.1 Å². The Hall–Kier alpha value is -2.64. The Bertz CT molecular complexity index is 962. The molecule has 4 N–H and O–H groups in total. The molecule has 0 amide bonds. The number of benzene rings is 2. The lowest BCUT2D eigenvalue weighted by Crippen LogP contribution is -2.03. The van der Waals surface area contributed by atoms with E-state index in [4.69, 9.17) is 34.7 Å². The summed E-state index contributed by atoms with van der Waals surface area (Å²) in [6.07, 6.45) is 0. The van der Waals surface area contributed by atoms with Crippen molar-refractivity contribution in [1.82, 2.24) is 9.97 Å². The van der Waals surface area contributed by atoms with Gasteiger partial charge in [-0.05, 0) is 23.8 Å². The number of hydrogen-bond donors (Lipinski definition) is 2. The molecule has 0 atom stereocenters. The second kappa shape index (κ2) is 5.53. The first-order chi connectivity index (χ1) is 10.9. The summed E-state index contributed by atoms with van der Waals surface area (Å²) in [4.78, 5) is 19.1. The molecule has 3 rings (SSSR count). The van der Waals surface area contributed by atoms with E-state index in [0.717, 1.165) is 0 Å². The highest BCUT2D eigenvalue weighted by Gasteiger charge is 2.21. The van der Waals surface area contributed by atoms with Gasteiger partial charge in [-0.1, -0.05) is 29.3 Å². The molecule has 1 aromatic heterocycles. The lowest BCUT2D eigenvalue weighted by molar-refractivity contribution is -0.384. The van der Waals surface area contributed by atoms with E-state index in [2.05, 4.69) is 9.97 Å². The fraction of sp³-hybridized carbons (Fsp3) is 0. The van der Waals surface area contributed by atoms with Crippen LogP contribution in [-0.2, 0) is 0 Å². The number of nitro groups is 1. The van der Waals surface area contributed by atoms with Gasteiger partial charge in [0.1, 0.15) is 5.52 Å². The number of rotatable bonds is 2. The van der Waals surface area contributed by atoms with E-state index in [-0.39, 0.29) is 33.4 Å². The standard InChI is InChI=1S/C14H9Cl2N5O2/c15-7-2-1-6(5-8(7)16)11-10(21(22)23)4-3-9-12(11)20-14(18)13(17)19-9/h1-5H,(H2,17,19)(H2,18,20). The third-order valence-electron chi connectivity index (χ3n) is 3.28. The molecule has 116 valence electrons. The summed E-state index contributed by atoms with van der Waals surface area (Å²) >= 11 is 11.9. The summed E-state index contributed by atoms with van der Waals surface area (Å²) in [7, 11) is 0. The zero-order valence-corrected chi connectivity index (χ0v) is 13.0. The molecule has 0 spiro atoms. The summed E-state index contributed by atoms with van der Waals surface area (Å²) in [5.41, 5.74) is 12.6. The highest BCUT2D eigenvalue weighted by molar-refractivity contribution is 6.42. The van der Waals surface area contributed by atoms with Gasteiger partial charge in [0.05, 0.1) is 26.0 Å². The van der Waals surface area contributed by atoms with Crippen LogP contribution in [0, 0.1) is 10.1 Å². The van der Waals surface area contributed by atoms with Crippen molar-refractivity contribution in [2.45, 2.75) is 0 Å². The van der Waals surface area contributed by atoms with Crippen molar-refractivity contribution in [2.24, 2.45) is 0 Å². The molecule has 0 saturated heterocycles. The van der Waals surface area contributed by atoms with Gasteiger partial charge in [0, 0.05) is 6.07 Å². The SMILES string of the molecule is Nc1nc2ccc([N+](=O)[O-])c(-c3ccc(Cl)c(Cl)c3)c2nc1N. The van der Waals surface area contributed by atoms with Gasteiger partial charge in [0.2, 0.25) is 0 Å². The Kier molecular flexibility index (Phi) is 3.67. The monoisotopic (exact) mass is 349 g/mol. The van der Waals surface area contributed by atoms with Gasteiger partial charge in [0.25, 0.3) is 5.69 Å². The lowest BCUT2D eigenvalue weighted by atomic mass is 10.0. The number of halogens is 2. The molecule has 1 heterocycles. The number of fused-ring (bicyclic) bond motifs is 1. The highest BCUT2D eigenvalue weighted by atomic mass is 35.5. The quantitative estimate of drug-likeness (QED) is 0.537. The van der Waals surface area contributed by atoms with Gasteiger partial charge >= 0.3 is 0 Å². The topological polar surface area (TPSA) is 121 Å². The van der Waals surface area contributed by atoms with Crippen LogP contribution < -0.4 is 11.5 Å². The molecule has 2 aromatic carbocycles. The molecular formula is C14H9Cl2N5O2. The van der Waals surface area contributed by atoms with Gasteiger partial charge in [-0.15, -0.1) is 0 Å². The minimum Gasteiger partial charge on any atom is -0.381 e. The highest BCUT2D eigenvalue weighted by Crippen LogP contribution is 2.38. The molecule has 3 aromatic rings. The Morgan fingerprint density at radius 2 is 1.70 bits per heavy atom. The molecule has 0 aliphatic carbocycles. The zero-order valence-electron chi connectivity index (χ0n) is 11.5. The molecule has 0 unspecified atom stereocenters. The van der Waals surface area contributed by atoms with E-state index in [0.29, 0.717) is 16.1 Å². The Balaban J connectivity index is 2.43. The van der Waals surface area contributed by atoms with E-state index in [9.17, 15) is 10.1 Å². The van der Waals surface area contributed by atoms with Crippen molar-refractivity contribution >= 4 is 51.6 Å². The number of nitro benzene ring substituents is 1. The van der Waals surface area contributed by atoms with E-state index in [1.165, 1.54) is 18.2 Å². The van der Waals surface area contributed by atoms with Crippen LogP contribution in [0.15, 0.2) is 30.3 Å². The minimum absolute atomic E-state index is 0.000640. The van der Waals surface area contributed by atoms with Gasteiger partial charge in [0.15, 0.2) is 11.6 Å². The van der Waals surface area contributed by atoms with Crippen molar-refractivity contribution in [3.63, 3.8) is 0 Å². The van der Waals surface area contributed by atoms with Gasteiger partial charge in [-0.3, -0.25) is 10.1 Å². The summed E-state index contributed by atoms with van der Waals surface area (Å²) in [5, 5.41) is 12.0. The third-order valence-corrected chi connectivity index (χ3v) is 4.01. The predicted octanol–water partition coefficient (Wildman–Crippen LogP) is 3.68. The zero-order chi connectivity index (χ0) is 16.7. The Morgan fingerprint density at radius 3 is 2.35 bits per heavy atom. The van der Waals surface area contributed by atoms with Crippen LogP contribution in [0.5, 0.6) is 0 Å². The molecule has 0 aliphatic heterocycles. The smallest absolute Gasteiger partial charge is 0.279 e. The number of nitrogens with two attached hydrogens (primary N) is 2. The molecule has 9 heteroatoms. The van der Waals surface area contributed by atoms with E-state index >= 15 is 0 Å². The average Bonchev–Trinajstić information content (AvgIpc) is 2.50. The molecule has 0 fully saturated rings. The number of nitrogen functional groups attached to an aromatic ring is 2. The van der Waals surface area contributed by atoms with E-state index < -0.39 is 4.92 Å². The maximum atomic E-state index is 11.4. The van der Waals surface area contributed by atoms with Crippen molar-refractivity contribution < 1.29 is 4.92 Å². The minimum atomic E-state index is -0.508. The summed E-state index contributed by atoms with van der Waals surface area (Å²) < 4.78 is 0. The van der Waals surface area contributed by atoms with Crippen LogP contribution in [0.3, 0.4) is 0 Å². The van der Waals surface area contributed by atoms with Crippen LogP contribution in [0.2, 0.25) is 10.0 Å². The largest absolute Gasteiger partial charge is 0.381 e. The van der Waals surface area contributed by atoms with Crippen LogP contribution >= 0.6 is 23.2 Å². The van der Waals surface area contributed by atoms with Crippen LogP contribution in [0.1, 0.15) is 0 Å². The summed E-state index contributed by atoms with van der Waals surface area (Å²) in [6, 6.07) is 7.50. The second-order valence-electron chi connectivity index (χ2n) is 4.71. The second-order valence-corrected chi connectivity index (χ2v) is 5.52. The van der Waals surface area contributed by atoms with Crippen molar-refractivity contribution in [3.8, 4) is 11.1 Å². The summed E-state index contributed by atoms with van der Waals surface area (Å²) in [5.74, 6) is 0.0609. The molecular weight excluding hydrogens is 341 g/mol. The molecule has 7 nitrogen and oxygen atoms in total. The fourth-order valence-electron chi connectivity index (χ4n) is 2.23. The first kappa shape index (κ1) is 15.3. The van der Waals surface area contributed by atoms with Crippen LogP contribution in [-0.4, -0.2) is 14.9 Å². The third kappa shape index (κ3) is 2.60. The first-order valence-corrected chi connectivity index (χ1v) is 7.09.